The molecule has 1 atom stereocenters. The maximum absolute atomic E-state index is 14.0. The van der Waals surface area contributed by atoms with E-state index in [1.807, 2.05) is 6.92 Å². The zero-order chi connectivity index (χ0) is 18.6. The lowest BCUT2D eigenvalue weighted by Gasteiger charge is -2.22. The Morgan fingerprint density at radius 3 is 2.72 bits per heavy atom. The number of unbranched alkanes of at least 4 members (excludes halogenated alkanes) is 1. The second-order valence-electron chi connectivity index (χ2n) is 5.96. The largest absolute Gasteiger partial charge is 0.466 e. The fourth-order valence-corrected chi connectivity index (χ4v) is 2.57. The van der Waals surface area contributed by atoms with Crippen molar-refractivity contribution in [2.75, 3.05) is 13.2 Å². The Morgan fingerprint density at radius 1 is 1.32 bits per heavy atom. The van der Waals surface area contributed by atoms with Gasteiger partial charge in [-0.3, -0.25) is 14.5 Å². The highest BCUT2D eigenvalue weighted by Crippen LogP contribution is 2.31. The summed E-state index contributed by atoms with van der Waals surface area (Å²) in [6.45, 7) is 3.34. The first-order chi connectivity index (χ1) is 11.8. The molecule has 2 rings (SSSR count). The van der Waals surface area contributed by atoms with Gasteiger partial charge in [0.25, 0.3) is 5.91 Å². The van der Waals surface area contributed by atoms with Crippen LogP contribution in [0.25, 0.3) is 0 Å². The van der Waals surface area contributed by atoms with Crippen LogP contribution >= 0.6 is 0 Å². The van der Waals surface area contributed by atoms with E-state index in [0.29, 0.717) is 0 Å². The van der Waals surface area contributed by atoms with Gasteiger partial charge in [0.2, 0.25) is 0 Å². The summed E-state index contributed by atoms with van der Waals surface area (Å²) in [6.07, 6.45) is 1.44. The van der Waals surface area contributed by atoms with E-state index >= 15 is 0 Å². The van der Waals surface area contributed by atoms with Crippen molar-refractivity contribution in [3.05, 3.63) is 35.4 Å². The summed E-state index contributed by atoms with van der Waals surface area (Å²) < 4.78 is 32.4. The number of halogens is 2. The molecule has 1 aromatic rings. The highest BCUT2D eigenvalue weighted by molar-refractivity contribution is 6.07. The van der Waals surface area contributed by atoms with Crippen LogP contribution in [-0.2, 0) is 19.9 Å². The van der Waals surface area contributed by atoms with E-state index in [-0.39, 0.29) is 25.1 Å². The maximum atomic E-state index is 14.0. The Hall–Kier alpha value is -2.51. The van der Waals surface area contributed by atoms with Crippen LogP contribution in [0.5, 0.6) is 0 Å². The first kappa shape index (κ1) is 18.8. The summed E-state index contributed by atoms with van der Waals surface area (Å²) in [5.74, 6) is -2.81. The molecule has 25 heavy (non-hydrogen) atoms. The fourth-order valence-electron chi connectivity index (χ4n) is 2.57. The normalized spacial score (nSPS) is 19.9. The summed E-state index contributed by atoms with van der Waals surface area (Å²) in [7, 11) is 0. The highest BCUT2D eigenvalue weighted by Gasteiger charge is 2.50. The van der Waals surface area contributed by atoms with E-state index in [0.717, 1.165) is 35.9 Å². The Kier molecular flexibility index (Phi) is 5.71. The minimum Gasteiger partial charge on any atom is -0.466 e. The van der Waals surface area contributed by atoms with Crippen molar-refractivity contribution in [1.29, 1.82) is 0 Å². The Bertz CT molecular complexity index is 695. The van der Waals surface area contributed by atoms with Crippen LogP contribution in [0.4, 0.5) is 13.6 Å². The molecule has 0 aliphatic carbocycles. The first-order valence-corrected chi connectivity index (χ1v) is 8.05. The molecule has 1 aromatic carbocycles. The predicted molar refractivity (Wildman–Crippen MR) is 84.4 cm³/mol. The van der Waals surface area contributed by atoms with Crippen molar-refractivity contribution in [2.24, 2.45) is 0 Å². The predicted octanol–water partition coefficient (Wildman–Crippen LogP) is 2.47. The zero-order valence-electron chi connectivity index (χ0n) is 14.1. The van der Waals surface area contributed by atoms with Gasteiger partial charge >= 0.3 is 12.0 Å². The van der Waals surface area contributed by atoms with E-state index in [9.17, 15) is 23.2 Å². The standard InChI is InChI=1S/C17H20F2N2O4/c1-3-4-9-25-14(22)7-8-21-15(23)17(2,20-16(21)24)12-10-11(18)5-6-13(12)19/h5-6,10H,3-4,7-9H2,1-2H3,(H,20,24)/t17-/m1/s1. The summed E-state index contributed by atoms with van der Waals surface area (Å²) in [4.78, 5) is 37.1. The molecule has 0 bridgehead atoms. The van der Waals surface area contributed by atoms with E-state index in [2.05, 4.69) is 5.32 Å². The van der Waals surface area contributed by atoms with Crippen molar-refractivity contribution >= 4 is 17.9 Å². The molecule has 1 aliphatic rings. The minimum absolute atomic E-state index is 0.162. The third kappa shape index (κ3) is 3.94. The molecule has 1 aliphatic heterocycles. The van der Waals surface area contributed by atoms with Gasteiger partial charge in [-0.05, 0) is 31.5 Å². The number of benzene rings is 1. The number of hydrogen-bond donors (Lipinski definition) is 1. The van der Waals surface area contributed by atoms with E-state index in [1.54, 1.807) is 0 Å². The molecule has 0 saturated carbocycles. The second kappa shape index (κ2) is 7.58. The lowest BCUT2D eigenvalue weighted by molar-refractivity contribution is -0.144. The number of ether oxygens (including phenoxy) is 1. The topological polar surface area (TPSA) is 75.7 Å². The molecular formula is C17H20F2N2O4. The Morgan fingerprint density at radius 2 is 2.04 bits per heavy atom. The maximum Gasteiger partial charge on any atom is 0.325 e. The Balaban J connectivity index is 2.09. The van der Waals surface area contributed by atoms with E-state index in [1.165, 1.54) is 6.92 Å². The monoisotopic (exact) mass is 354 g/mol. The third-order valence-corrected chi connectivity index (χ3v) is 4.04. The lowest BCUT2D eigenvalue weighted by Crippen LogP contribution is -2.42. The molecule has 1 fully saturated rings. The van der Waals surface area contributed by atoms with Crippen LogP contribution < -0.4 is 5.32 Å². The van der Waals surface area contributed by atoms with Gasteiger partial charge in [-0.15, -0.1) is 0 Å². The number of rotatable bonds is 7. The van der Waals surface area contributed by atoms with Gasteiger partial charge in [0.15, 0.2) is 0 Å². The number of esters is 1. The third-order valence-electron chi connectivity index (χ3n) is 4.04. The molecule has 0 aromatic heterocycles. The van der Waals surface area contributed by atoms with Crippen molar-refractivity contribution < 1.29 is 27.9 Å². The number of imide groups is 1. The molecule has 0 radical (unpaired) electrons. The summed E-state index contributed by atoms with van der Waals surface area (Å²) in [6, 6.07) is 1.92. The van der Waals surface area contributed by atoms with Gasteiger partial charge in [0.1, 0.15) is 17.2 Å². The first-order valence-electron chi connectivity index (χ1n) is 8.05. The Labute approximate surface area is 144 Å². The van der Waals surface area contributed by atoms with Crippen molar-refractivity contribution in [2.45, 2.75) is 38.6 Å². The van der Waals surface area contributed by atoms with Crippen LogP contribution in [0, 0.1) is 11.6 Å². The lowest BCUT2D eigenvalue weighted by atomic mass is 9.91. The second-order valence-corrected chi connectivity index (χ2v) is 5.96. The number of nitrogens with one attached hydrogen (secondary N) is 1. The van der Waals surface area contributed by atoms with Gasteiger partial charge in [0, 0.05) is 12.1 Å². The summed E-state index contributed by atoms with van der Waals surface area (Å²) >= 11 is 0. The molecule has 6 nitrogen and oxygen atoms in total. The number of amides is 3. The van der Waals surface area contributed by atoms with Gasteiger partial charge in [-0.25, -0.2) is 13.6 Å². The summed E-state index contributed by atoms with van der Waals surface area (Å²) in [5.41, 5.74) is -1.99. The van der Waals surface area contributed by atoms with Crippen molar-refractivity contribution in [1.82, 2.24) is 10.2 Å². The number of carbonyl (C=O) groups excluding carboxylic acids is 3. The minimum atomic E-state index is -1.73. The average molecular weight is 354 g/mol. The molecule has 136 valence electrons. The quantitative estimate of drug-likeness (QED) is 0.464. The van der Waals surface area contributed by atoms with Crippen LogP contribution in [0.15, 0.2) is 18.2 Å². The zero-order valence-corrected chi connectivity index (χ0v) is 14.1. The van der Waals surface area contributed by atoms with Crippen molar-refractivity contribution in [3.63, 3.8) is 0 Å². The van der Waals surface area contributed by atoms with Gasteiger partial charge in [0.05, 0.1) is 13.0 Å². The van der Waals surface area contributed by atoms with E-state index in [4.69, 9.17) is 4.74 Å². The molecule has 1 heterocycles. The van der Waals surface area contributed by atoms with Crippen LogP contribution in [0.3, 0.4) is 0 Å². The van der Waals surface area contributed by atoms with Crippen LogP contribution in [-0.4, -0.2) is 36.0 Å². The molecular weight excluding hydrogens is 334 g/mol. The number of hydrogen-bond acceptors (Lipinski definition) is 4. The molecule has 3 amide bonds. The number of urea groups is 1. The van der Waals surface area contributed by atoms with Gasteiger partial charge < -0.3 is 10.1 Å². The smallest absolute Gasteiger partial charge is 0.325 e. The molecule has 1 saturated heterocycles. The number of nitrogens with zero attached hydrogens (tertiary/aromatic N) is 1. The average Bonchev–Trinajstić information content (AvgIpc) is 2.78. The van der Waals surface area contributed by atoms with E-state index < -0.39 is 35.1 Å². The summed E-state index contributed by atoms with van der Waals surface area (Å²) in [5, 5.41) is 2.37. The van der Waals surface area contributed by atoms with Crippen LogP contribution in [0.1, 0.15) is 38.7 Å². The highest BCUT2D eigenvalue weighted by atomic mass is 19.1. The molecule has 0 spiro atoms. The van der Waals surface area contributed by atoms with Crippen LogP contribution in [0.2, 0.25) is 0 Å². The molecule has 0 unspecified atom stereocenters. The SMILES string of the molecule is CCCCOC(=O)CCN1C(=O)N[C@](C)(c2cc(F)ccc2F)C1=O. The molecule has 8 heteroatoms. The van der Waals surface area contributed by atoms with Gasteiger partial charge in [-0.1, -0.05) is 13.3 Å². The fraction of sp³-hybridized carbons (Fsp3) is 0.471. The van der Waals surface area contributed by atoms with Gasteiger partial charge in [-0.2, -0.15) is 0 Å². The van der Waals surface area contributed by atoms with Crippen molar-refractivity contribution in [3.8, 4) is 0 Å². The number of carbonyl (C=O) groups is 3. The molecule has 1 N–H and O–H groups in total.